The standard InChI is InChI=1S/C14H12ClFN2O/c1-2-18(11-6-4-3-5-7-11)14(19)12-8-10(16)9-17-13(12)15/h3-9H,2H2,1H3. The predicted molar refractivity (Wildman–Crippen MR) is 73.0 cm³/mol. The van der Waals surface area contributed by atoms with Gasteiger partial charge in [-0.3, -0.25) is 4.79 Å². The van der Waals surface area contributed by atoms with Crippen LogP contribution in [-0.2, 0) is 0 Å². The minimum atomic E-state index is -0.586. The van der Waals surface area contributed by atoms with Crippen molar-refractivity contribution < 1.29 is 9.18 Å². The number of carbonyl (C=O) groups excluding carboxylic acids is 1. The van der Waals surface area contributed by atoms with E-state index in [0.29, 0.717) is 6.54 Å². The molecule has 3 nitrogen and oxygen atoms in total. The van der Waals surface area contributed by atoms with Crippen LogP contribution in [0.25, 0.3) is 0 Å². The largest absolute Gasteiger partial charge is 0.309 e. The zero-order valence-corrected chi connectivity index (χ0v) is 11.1. The number of hydrogen-bond donors (Lipinski definition) is 0. The summed E-state index contributed by atoms with van der Waals surface area (Å²) in [4.78, 5) is 17.6. The molecule has 1 amide bonds. The Kier molecular flexibility index (Phi) is 4.12. The van der Waals surface area contributed by atoms with E-state index in [2.05, 4.69) is 4.98 Å². The maximum Gasteiger partial charge on any atom is 0.261 e. The Hall–Kier alpha value is -1.94. The molecule has 0 N–H and O–H groups in total. The van der Waals surface area contributed by atoms with Crippen LogP contribution in [0, 0.1) is 5.82 Å². The Morgan fingerprint density at radius 2 is 2.05 bits per heavy atom. The van der Waals surface area contributed by atoms with Crippen LogP contribution in [0.4, 0.5) is 10.1 Å². The highest BCUT2D eigenvalue weighted by Gasteiger charge is 2.19. The monoisotopic (exact) mass is 278 g/mol. The lowest BCUT2D eigenvalue weighted by Crippen LogP contribution is -2.31. The van der Waals surface area contributed by atoms with E-state index in [0.717, 1.165) is 18.0 Å². The Morgan fingerprint density at radius 3 is 2.68 bits per heavy atom. The van der Waals surface area contributed by atoms with Crippen molar-refractivity contribution in [3.05, 3.63) is 59.1 Å². The molecular formula is C14H12ClFN2O. The number of para-hydroxylation sites is 1. The number of anilines is 1. The molecule has 2 rings (SSSR count). The molecule has 98 valence electrons. The first-order valence-electron chi connectivity index (χ1n) is 5.81. The molecule has 0 unspecified atom stereocenters. The number of carbonyl (C=O) groups is 1. The SMILES string of the molecule is CCN(C(=O)c1cc(F)cnc1Cl)c1ccccc1. The molecule has 0 saturated carbocycles. The highest BCUT2D eigenvalue weighted by atomic mass is 35.5. The molecule has 5 heteroatoms. The lowest BCUT2D eigenvalue weighted by atomic mass is 10.2. The van der Waals surface area contributed by atoms with Gasteiger partial charge in [-0.25, -0.2) is 9.37 Å². The van der Waals surface area contributed by atoms with E-state index < -0.39 is 5.82 Å². The van der Waals surface area contributed by atoms with Crippen molar-refractivity contribution in [1.82, 2.24) is 4.98 Å². The van der Waals surface area contributed by atoms with Gasteiger partial charge in [0.15, 0.2) is 0 Å². The summed E-state index contributed by atoms with van der Waals surface area (Å²) in [6.07, 6.45) is 0.984. The number of rotatable bonds is 3. The number of amides is 1. The minimum Gasteiger partial charge on any atom is -0.309 e. The van der Waals surface area contributed by atoms with Gasteiger partial charge in [-0.15, -0.1) is 0 Å². The fourth-order valence-electron chi connectivity index (χ4n) is 1.77. The van der Waals surface area contributed by atoms with Gasteiger partial charge in [0.1, 0.15) is 11.0 Å². The zero-order valence-electron chi connectivity index (χ0n) is 10.3. The summed E-state index contributed by atoms with van der Waals surface area (Å²) in [5, 5.41) is 0.000723. The fourth-order valence-corrected chi connectivity index (χ4v) is 1.95. The third-order valence-corrected chi connectivity index (χ3v) is 2.97. The first-order chi connectivity index (χ1) is 9.13. The van der Waals surface area contributed by atoms with E-state index in [1.54, 1.807) is 0 Å². The highest BCUT2D eigenvalue weighted by molar-refractivity contribution is 6.33. The number of pyridine rings is 1. The quantitative estimate of drug-likeness (QED) is 0.805. The van der Waals surface area contributed by atoms with Crippen LogP contribution in [-0.4, -0.2) is 17.4 Å². The summed E-state index contributed by atoms with van der Waals surface area (Å²) in [6.45, 7) is 2.29. The second-order valence-corrected chi connectivity index (χ2v) is 4.23. The second kappa shape index (κ2) is 5.80. The number of benzene rings is 1. The van der Waals surface area contributed by atoms with E-state index in [1.165, 1.54) is 4.90 Å². The van der Waals surface area contributed by atoms with Gasteiger partial charge in [0.2, 0.25) is 0 Å². The van der Waals surface area contributed by atoms with Crippen LogP contribution in [0.2, 0.25) is 5.15 Å². The van der Waals surface area contributed by atoms with Crippen LogP contribution < -0.4 is 4.90 Å². The van der Waals surface area contributed by atoms with E-state index in [1.807, 2.05) is 37.3 Å². The van der Waals surface area contributed by atoms with Crippen LogP contribution in [0.3, 0.4) is 0 Å². The van der Waals surface area contributed by atoms with Crippen molar-refractivity contribution in [2.75, 3.05) is 11.4 Å². The van der Waals surface area contributed by atoms with Crippen molar-refractivity contribution in [2.45, 2.75) is 6.92 Å². The van der Waals surface area contributed by atoms with Crippen molar-refractivity contribution in [3.63, 3.8) is 0 Å². The first-order valence-corrected chi connectivity index (χ1v) is 6.19. The van der Waals surface area contributed by atoms with Crippen molar-refractivity contribution in [1.29, 1.82) is 0 Å². The summed E-state index contributed by atoms with van der Waals surface area (Å²) in [5.41, 5.74) is 0.794. The smallest absolute Gasteiger partial charge is 0.261 e. The number of halogens is 2. The van der Waals surface area contributed by atoms with E-state index >= 15 is 0 Å². The maximum absolute atomic E-state index is 13.2. The average Bonchev–Trinajstić information content (AvgIpc) is 2.43. The Balaban J connectivity index is 2.39. The molecule has 0 spiro atoms. The van der Waals surface area contributed by atoms with Gasteiger partial charge < -0.3 is 4.90 Å². The molecule has 0 atom stereocenters. The highest BCUT2D eigenvalue weighted by Crippen LogP contribution is 2.20. The molecule has 0 fully saturated rings. The first kappa shape index (κ1) is 13.5. The van der Waals surface area contributed by atoms with Crippen LogP contribution in [0.5, 0.6) is 0 Å². The molecule has 0 radical (unpaired) electrons. The topological polar surface area (TPSA) is 33.2 Å². The zero-order chi connectivity index (χ0) is 13.8. The van der Waals surface area contributed by atoms with Crippen molar-refractivity contribution in [3.8, 4) is 0 Å². The summed E-state index contributed by atoms with van der Waals surface area (Å²) in [7, 11) is 0. The van der Waals surface area contributed by atoms with E-state index in [4.69, 9.17) is 11.6 Å². The molecule has 0 aliphatic carbocycles. The molecular weight excluding hydrogens is 267 g/mol. The molecule has 1 heterocycles. The second-order valence-electron chi connectivity index (χ2n) is 3.88. The maximum atomic E-state index is 13.2. The van der Waals surface area contributed by atoms with Gasteiger partial charge in [-0.2, -0.15) is 0 Å². The van der Waals surface area contributed by atoms with Gasteiger partial charge in [-0.1, -0.05) is 29.8 Å². The van der Waals surface area contributed by atoms with Gasteiger partial charge in [0.05, 0.1) is 11.8 Å². The molecule has 2 aromatic rings. The average molecular weight is 279 g/mol. The summed E-state index contributed by atoms with van der Waals surface area (Å²) in [6, 6.07) is 10.2. The molecule has 1 aromatic heterocycles. The third-order valence-electron chi connectivity index (χ3n) is 2.67. The Bertz CT molecular complexity index is 589. The van der Waals surface area contributed by atoms with Crippen LogP contribution in [0.1, 0.15) is 17.3 Å². The molecule has 19 heavy (non-hydrogen) atoms. The summed E-state index contributed by atoms with van der Waals surface area (Å²) < 4.78 is 13.2. The normalized spacial score (nSPS) is 10.3. The van der Waals surface area contributed by atoms with Gasteiger partial charge in [0, 0.05) is 12.2 Å². The third kappa shape index (κ3) is 2.90. The fraction of sp³-hybridized carbons (Fsp3) is 0.143. The lowest BCUT2D eigenvalue weighted by Gasteiger charge is -2.21. The van der Waals surface area contributed by atoms with Gasteiger partial charge in [0.25, 0.3) is 5.91 Å². The number of nitrogens with zero attached hydrogens (tertiary/aromatic N) is 2. The van der Waals surface area contributed by atoms with Crippen molar-refractivity contribution >= 4 is 23.2 Å². The number of aromatic nitrogens is 1. The van der Waals surface area contributed by atoms with E-state index in [9.17, 15) is 9.18 Å². The minimum absolute atomic E-state index is 0.000723. The van der Waals surface area contributed by atoms with E-state index in [-0.39, 0.29) is 16.6 Å². The predicted octanol–water partition coefficient (Wildman–Crippen LogP) is 3.54. The van der Waals surface area contributed by atoms with Crippen molar-refractivity contribution in [2.24, 2.45) is 0 Å². The molecule has 1 aromatic carbocycles. The lowest BCUT2D eigenvalue weighted by molar-refractivity contribution is 0.0987. The Morgan fingerprint density at radius 1 is 1.37 bits per heavy atom. The summed E-state index contributed by atoms with van der Waals surface area (Å²) >= 11 is 5.85. The van der Waals surface area contributed by atoms with Gasteiger partial charge >= 0.3 is 0 Å². The summed E-state index contributed by atoms with van der Waals surface area (Å²) in [5.74, 6) is -0.956. The Labute approximate surface area is 115 Å². The van der Waals surface area contributed by atoms with Crippen LogP contribution >= 0.6 is 11.6 Å². The molecule has 0 aliphatic rings. The molecule has 0 bridgehead atoms. The van der Waals surface area contributed by atoms with Gasteiger partial charge in [-0.05, 0) is 25.1 Å². The molecule has 0 aliphatic heterocycles. The van der Waals surface area contributed by atoms with Crippen LogP contribution in [0.15, 0.2) is 42.6 Å². The number of hydrogen-bond acceptors (Lipinski definition) is 2. The molecule has 0 saturated heterocycles.